The van der Waals surface area contributed by atoms with E-state index in [-0.39, 0.29) is 0 Å². The molecule has 0 radical (unpaired) electrons. The lowest BCUT2D eigenvalue weighted by atomic mass is 10.1. The SMILES string of the molecule is CC(C)C1CCNO1. The molecule has 1 saturated heterocycles. The fourth-order valence-corrected chi connectivity index (χ4v) is 0.895. The first kappa shape index (κ1) is 6.05. The van der Waals surface area contributed by atoms with Crippen LogP contribution in [0.25, 0.3) is 0 Å². The van der Waals surface area contributed by atoms with Crippen LogP contribution in [0, 0.1) is 5.92 Å². The Bertz CT molecular complexity index is 66.9. The van der Waals surface area contributed by atoms with Crippen LogP contribution in [0.5, 0.6) is 0 Å². The van der Waals surface area contributed by atoms with Crippen LogP contribution in [0.2, 0.25) is 0 Å². The summed E-state index contributed by atoms with van der Waals surface area (Å²) in [5.74, 6) is 0.657. The maximum absolute atomic E-state index is 5.16. The number of nitrogens with one attached hydrogen (secondary N) is 1. The van der Waals surface area contributed by atoms with E-state index in [2.05, 4.69) is 19.3 Å². The average Bonchev–Trinajstić information content (AvgIpc) is 2.12. The Morgan fingerprint density at radius 1 is 1.62 bits per heavy atom. The molecule has 0 aliphatic carbocycles. The van der Waals surface area contributed by atoms with Crippen molar-refractivity contribution in [3.63, 3.8) is 0 Å². The molecule has 8 heavy (non-hydrogen) atoms. The van der Waals surface area contributed by atoms with Gasteiger partial charge in [0.25, 0.3) is 0 Å². The van der Waals surface area contributed by atoms with Crippen molar-refractivity contribution >= 4 is 0 Å². The van der Waals surface area contributed by atoms with E-state index in [1.54, 1.807) is 0 Å². The molecule has 0 saturated carbocycles. The predicted molar refractivity (Wildman–Crippen MR) is 32.3 cm³/mol. The first-order valence-electron chi connectivity index (χ1n) is 3.19. The van der Waals surface area contributed by atoms with Crippen molar-refractivity contribution in [3.05, 3.63) is 0 Å². The van der Waals surface area contributed by atoms with E-state index in [4.69, 9.17) is 4.84 Å². The maximum Gasteiger partial charge on any atom is 0.0826 e. The zero-order valence-corrected chi connectivity index (χ0v) is 5.48. The summed E-state index contributed by atoms with van der Waals surface area (Å²) in [7, 11) is 0. The smallest absolute Gasteiger partial charge is 0.0826 e. The third-order valence-corrected chi connectivity index (χ3v) is 1.51. The van der Waals surface area contributed by atoms with Gasteiger partial charge in [0.15, 0.2) is 0 Å². The second-order valence-corrected chi connectivity index (χ2v) is 2.58. The molecule has 0 aromatic rings. The Labute approximate surface area is 50.2 Å². The number of hydrogen-bond donors (Lipinski definition) is 1. The van der Waals surface area contributed by atoms with Crippen molar-refractivity contribution in [2.24, 2.45) is 5.92 Å². The van der Waals surface area contributed by atoms with E-state index in [1.807, 2.05) is 0 Å². The fraction of sp³-hybridized carbons (Fsp3) is 1.00. The van der Waals surface area contributed by atoms with Crippen LogP contribution < -0.4 is 5.48 Å². The molecule has 1 unspecified atom stereocenters. The first-order chi connectivity index (χ1) is 3.80. The molecule has 1 atom stereocenters. The Hall–Kier alpha value is -0.0800. The summed E-state index contributed by atoms with van der Waals surface area (Å²) in [4.78, 5) is 5.16. The number of rotatable bonds is 1. The van der Waals surface area contributed by atoms with E-state index in [0.717, 1.165) is 13.0 Å². The Balaban J connectivity index is 2.24. The van der Waals surface area contributed by atoms with Crippen molar-refractivity contribution < 1.29 is 4.84 Å². The van der Waals surface area contributed by atoms with Crippen molar-refractivity contribution in [3.8, 4) is 0 Å². The molecule has 1 N–H and O–H groups in total. The van der Waals surface area contributed by atoms with Crippen LogP contribution in [-0.2, 0) is 4.84 Å². The van der Waals surface area contributed by atoms with Crippen molar-refractivity contribution in [1.29, 1.82) is 0 Å². The molecule has 0 spiro atoms. The molecule has 2 nitrogen and oxygen atoms in total. The van der Waals surface area contributed by atoms with Crippen molar-refractivity contribution in [2.75, 3.05) is 6.54 Å². The summed E-state index contributed by atoms with van der Waals surface area (Å²) in [6.45, 7) is 5.37. The minimum Gasteiger partial charge on any atom is -0.298 e. The maximum atomic E-state index is 5.16. The van der Waals surface area contributed by atoms with Gasteiger partial charge in [-0.15, -0.1) is 0 Å². The second-order valence-electron chi connectivity index (χ2n) is 2.58. The van der Waals surface area contributed by atoms with Crippen LogP contribution in [-0.4, -0.2) is 12.6 Å². The van der Waals surface area contributed by atoms with Gasteiger partial charge in [-0.25, -0.2) is 5.48 Å². The molecule has 1 heterocycles. The fourth-order valence-electron chi connectivity index (χ4n) is 0.895. The van der Waals surface area contributed by atoms with Gasteiger partial charge >= 0.3 is 0 Å². The highest BCUT2D eigenvalue weighted by molar-refractivity contribution is 4.65. The van der Waals surface area contributed by atoms with Gasteiger partial charge in [-0.05, 0) is 12.3 Å². The van der Waals surface area contributed by atoms with E-state index in [0.29, 0.717) is 12.0 Å². The largest absolute Gasteiger partial charge is 0.298 e. The molecule has 0 aromatic carbocycles. The van der Waals surface area contributed by atoms with Gasteiger partial charge in [-0.2, -0.15) is 0 Å². The molecule has 1 aliphatic rings. The first-order valence-corrected chi connectivity index (χ1v) is 3.19. The van der Waals surface area contributed by atoms with Crippen LogP contribution in [0.15, 0.2) is 0 Å². The van der Waals surface area contributed by atoms with Crippen LogP contribution in [0.3, 0.4) is 0 Å². The van der Waals surface area contributed by atoms with E-state index >= 15 is 0 Å². The molecule has 0 bridgehead atoms. The highest BCUT2D eigenvalue weighted by Crippen LogP contribution is 2.12. The van der Waals surface area contributed by atoms with Gasteiger partial charge in [0.2, 0.25) is 0 Å². The third-order valence-electron chi connectivity index (χ3n) is 1.51. The quantitative estimate of drug-likeness (QED) is 0.549. The molecule has 1 aliphatic heterocycles. The minimum atomic E-state index is 0.454. The summed E-state index contributed by atoms with van der Waals surface area (Å²) >= 11 is 0. The van der Waals surface area contributed by atoms with Gasteiger partial charge in [0.05, 0.1) is 6.10 Å². The van der Waals surface area contributed by atoms with Crippen LogP contribution in [0.1, 0.15) is 20.3 Å². The summed E-state index contributed by atoms with van der Waals surface area (Å²) in [5, 5.41) is 0. The Morgan fingerprint density at radius 2 is 2.38 bits per heavy atom. The summed E-state index contributed by atoms with van der Waals surface area (Å²) in [6.07, 6.45) is 1.62. The molecule has 2 heteroatoms. The lowest BCUT2D eigenvalue weighted by molar-refractivity contribution is 0.00884. The van der Waals surface area contributed by atoms with Gasteiger partial charge < -0.3 is 0 Å². The van der Waals surface area contributed by atoms with E-state index in [1.165, 1.54) is 0 Å². The zero-order chi connectivity index (χ0) is 5.98. The van der Waals surface area contributed by atoms with Gasteiger partial charge in [-0.1, -0.05) is 13.8 Å². The van der Waals surface area contributed by atoms with E-state index in [9.17, 15) is 0 Å². The minimum absolute atomic E-state index is 0.454. The number of hydrogen-bond acceptors (Lipinski definition) is 2. The normalized spacial score (nSPS) is 29.6. The van der Waals surface area contributed by atoms with Crippen molar-refractivity contribution in [2.45, 2.75) is 26.4 Å². The molecular weight excluding hydrogens is 102 g/mol. The highest BCUT2D eigenvalue weighted by atomic mass is 16.7. The Morgan fingerprint density at radius 3 is 2.62 bits per heavy atom. The standard InChI is InChI=1S/C6H13NO/c1-5(2)6-3-4-7-8-6/h5-7H,3-4H2,1-2H3. The lowest BCUT2D eigenvalue weighted by Crippen LogP contribution is -2.15. The third kappa shape index (κ3) is 1.20. The second kappa shape index (κ2) is 2.46. The lowest BCUT2D eigenvalue weighted by Gasteiger charge is -2.10. The molecule has 48 valence electrons. The topological polar surface area (TPSA) is 21.3 Å². The zero-order valence-electron chi connectivity index (χ0n) is 5.48. The molecule has 1 fully saturated rings. The highest BCUT2D eigenvalue weighted by Gasteiger charge is 2.18. The molecular formula is C6H13NO. The van der Waals surface area contributed by atoms with Gasteiger partial charge in [0, 0.05) is 6.54 Å². The van der Waals surface area contributed by atoms with Crippen LogP contribution in [0.4, 0.5) is 0 Å². The average molecular weight is 115 g/mol. The van der Waals surface area contributed by atoms with Gasteiger partial charge in [0.1, 0.15) is 0 Å². The molecule has 0 amide bonds. The van der Waals surface area contributed by atoms with Crippen LogP contribution >= 0.6 is 0 Å². The molecule has 1 rings (SSSR count). The Kier molecular flexibility index (Phi) is 1.86. The predicted octanol–water partition coefficient (Wildman–Crippen LogP) is 0.936. The number of hydroxylamine groups is 1. The molecule has 0 aromatic heterocycles. The summed E-state index contributed by atoms with van der Waals surface area (Å²) < 4.78 is 0. The summed E-state index contributed by atoms with van der Waals surface area (Å²) in [6, 6.07) is 0. The summed E-state index contributed by atoms with van der Waals surface area (Å²) in [5.41, 5.74) is 2.85. The van der Waals surface area contributed by atoms with Gasteiger partial charge in [-0.3, -0.25) is 4.84 Å². The van der Waals surface area contributed by atoms with Crippen molar-refractivity contribution in [1.82, 2.24) is 5.48 Å². The van der Waals surface area contributed by atoms with E-state index < -0.39 is 0 Å². The monoisotopic (exact) mass is 115 g/mol.